The van der Waals surface area contributed by atoms with Crippen molar-refractivity contribution in [1.29, 1.82) is 0 Å². The minimum atomic E-state index is -1.56. The summed E-state index contributed by atoms with van der Waals surface area (Å²) < 4.78 is 58.9. The zero-order valence-corrected chi connectivity index (χ0v) is 42.7. The number of Topliss-reactive ketones (excluding diaryl/α,β-unsaturated/α-hetero) is 1. The minimum absolute atomic E-state index is 0.0148. The number of ether oxygens (including phenoxy) is 2. The number of unbranched alkanes of at least 4 members (excludes halogenated alkanes) is 3. The minimum Gasteiger partial charge on any atom is -0.493 e. The smallest absolute Gasteiger partial charge is 0.243 e. The first-order chi connectivity index (χ1) is 33.3. The number of carbonyl (C=O) groups excluding carboxylic acids is 3. The lowest BCUT2D eigenvalue weighted by Crippen LogP contribution is -2.50. The van der Waals surface area contributed by atoms with E-state index in [0.29, 0.717) is 51.7 Å². The van der Waals surface area contributed by atoms with Gasteiger partial charge in [0, 0.05) is 81.8 Å². The predicted molar refractivity (Wildman–Crippen MR) is 269 cm³/mol. The molecule has 1 saturated heterocycles. The van der Waals surface area contributed by atoms with Crippen LogP contribution in [0.1, 0.15) is 133 Å². The summed E-state index contributed by atoms with van der Waals surface area (Å²) >= 11 is 1.58. The van der Waals surface area contributed by atoms with Gasteiger partial charge in [0.15, 0.2) is 0 Å². The van der Waals surface area contributed by atoms with Crippen molar-refractivity contribution in [3.63, 3.8) is 0 Å². The molecule has 0 unspecified atom stereocenters. The van der Waals surface area contributed by atoms with Gasteiger partial charge in [-0.15, -0.1) is 11.3 Å². The molecule has 2 amide bonds. The summed E-state index contributed by atoms with van der Waals surface area (Å²) in [4.78, 5) is 49.6. The highest BCUT2D eigenvalue weighted by atomic mass is 32.1. The van der Waals surface area contributed by atoms with Crippen LogP contribution in [-0.4, -0.2) is 94.3 Å². The first-order valence-corrected chi connectivity index (χ1v) is 25.9. The van der Waals surface area contributed by atoms with E-state index in [4.69, 9.17) is 9.47 Å². The first kappa shape index (κ1) is 52.9. The van der Waals surface area contributed by atoms with Crippen LogP contribution < -0.4 is 10.1 Å². The highest BCUT2D eigenvalue weighted by molar-refractivity contribution is 7.13. The number of fused-ring (bicyclic) bond motifs is 2. The molecule has 0 saturated carbocycles. The van der Waals surface area contributed by atoms with Crippen molar-refractivity contribution in [1.82, 2.24) is 20.1 Å². The zero-order chi connectivity index (χ0) is 50.3. The Hall–Kier alpha value is -4.89. The van der Waals surface area contributed by atoms with Crippen molar-refractivity contribution in [2.75, 3.05) is 32.9 Å². The lowest BCUT2D eigenvalue weighted by atomic mass is 9.76. The lowest BCUT2D eigenvalue weighted by molar-refractivity contribution is -0.146. The van der Waals surface area contributed by atoms with E-state index in [1.165, 1.54) is 30.9 Å². The van der Waals surface area contributed by atoms with Gasteiger partial charge in [0.25, 0.3) is 0 Å². The highest BCUT2D eigenvalue weighted by Crippen LogP contribution is 2.50. The number of amides is 2. The number of benzene rings is 3. The number of aliphatic hydroxyl groups excluding tert-OH is 1. The van der Waals surface area contributed by atoms with Gasteiger partial charge in [0.2, 0.25) is 11.8 Å². The molecule has 1 aromatic heterocycles. The summed E-state index contributed by atoms with van der Waals surface area (Å²) in [6.45, 7) is 14.4. The van der Waals surface area contributed by atoms with Gasteiger partial charge in [-0.05, 0) is 105 Å². The predicted octanol–water partition coefficient (Wildman–Crippen LogP) is 10.9. The van der Waals surface area contributed by atoms with Crippen LogP contribution in [0.4, 0.5) is 13.2 Å². The molecule has 2 N–H and O–H groups in total. The van der Waals surface area contributed by atoms with Crippen LogP contribution in [-0.2, 0) is 32.1 Å². The van der Waals surface area contributed by atoms with Crippen LogP contribution in [0, 0.1) is 29.9 Å². The van der Waals surface area contributed by atoms with E-state index in [1.807, 2.05) is 87.5 Å². The van der Waals surface area contributed by atoms with Crippen molar-refractivity contribution in [3.05, 3.63) is 111 Å². The summed E-state index contributed by atoms with van der Waals surface area (Å²) in [5.74, 6) is -2.59. The summed E-state index contributed by atoms with van der Waals surface area (Å²) in [6, 6.07) is 16.8. The van der Waals surface area contributed by atoms with Crippen molar-refractivity contribution in [2.45, 2.75) is 149 Å². The standard InChI is InChI=1S/C56H71F3N4O6S/c1-35-25-44-43-17-11-10-15-39(43)26-45(44)51(63(35)33-56(6,7)59)50-47(57)29-42(30-48(50)58)69-24-14-13-23-68-22-12-8-9-16-40(64)27-46(55(3,4)5)54(67)62-32-41(65)28-49(62)53(66)60-31-37-18-20-38(21-19-37)52-36(2)61-34-70-52/h10-11,15,17-21,29-30,34-35,41,46,49,51,65H,8-9,12-14,16,22-28,31-33H2,1-7H3,(H,60,66)/t35-,41-,46-,49+,51+/m1/s1. The van der Waals surface area contributed by atoms with Crippen molar-refractivity contribution in [3.8, 4) is 16.2 Å². The van der Waals surface area contributed by atoms with E-state index in [1.54, 1.807) is 11.3 Å². The molecule has 2 aliphatic heterocycles. The largest absolute Gasteiger partial charge is 0.493 e. The fourth-order valence-electron chi connectivity index (χ4n) is 10.3. The van der Waals surface area contributed by atoms with Gasteiger partial charge in [0.1, 0.15) is 34.9 Å². The second-order valence-corrected chi connectivity index (χ2v) is 22.1. The number of ketones is 1. The molecule has 1 fully saturated rings. The molecule has 4 aromatic rings. The summed E-state index contributed by atoms with van der Waals surface area (Å²) in [5.41, 5.74) is 6.83. The van der Waals surface area contributed by atoms with Gasteiger partial charge in [0.05, 0.1) is 34.8 Å². The molecule has 378 valence electrons. The molecular weight excluding hydrogens is 914 g/mol. The van der Waals surface area contributed by atoms with Crippen LogP contribution in [0.3, 0.4) is 0 Å². The highest BCUT2D eigenvalue weighted by Gasteiger charge is 2.45. The Labute approximate surface area is 416 Å². The quantitative estimate of drug-likeness (QED) is 0.0747. The Kier molecular flexibility index (Phi) is 17.5. The number of rotatable bonds is 22. The number of aromatic nitrogens is 1. The molecule has 10 nitrogen and oxygen atoms in total. The zero-order valence-electron chi connectivity index (χ0n) is 41.9. The number of thiazole rings is 1. The monoisotopic (exact) mass is 985 g/mol. The fraction of sp³-hybridized carbons (Fsp3) is 0.536. The van der Waals surface area contributed by atoms with Gasteiger partial charge < -0.3 is 24.8 Å². The summed E-state index contributed by atoms with van der Waals surface area (Å²) in [7, 11) is 0. The van der Waals surface area contributed by atoms with Gasteiger partial charge in [-0.1, -0.05) is 75.7 Å². The van der Waals surface area contributed by atoms with Gasteiger partial charge in [-0.2, -0.15) is 0 Å². The molecule has 7 rings (SSSR count). The Morgan fingerprint density at radius 1 is 0.943 bits per heavy atom. The molecule has 5 atom stereocenters. The van der Waals surface area contributed by atoms with E-state index in [2.05, 4.69) is 16.4 Å². The topological polar surface area (TPSA) is 121 Å². The molecule has 3 aromatic carbocycles. The number of hydrogen-bond acceptors (Lipinski definition) is 9. The second-order valence-electron chi connectivity index (χ2n) is 21.2. The van der Waals surface area contributed by atoms with Gasteiger partial charge in [-0.3, -0.25) is 19.3 Å². The molecule has 14 heteroatoms. The van der Waals surface area contributed by atoms with E-state index in [9.17, 15) is 19.5 Å². The van der Waals surface area contributed by atoms with Crippen LogP contribution in [0.25, 0.3) is 16.0 Å². The summed E-state index contributed by atoms with van der Waals surface area (Å²) in [5, 5.41) is 13.6. The maximum atomic E-state index is 16.1. The molecular formula is C56H71F3N4O6S. The molecule has 3 heterocycles. The number of nitrogens with zero attached hydrogens (tertiary/aromatic N) is 3. The van der Waals surface area contributed by atoms with E-state index in [-0.39, 0.29) is 74.0 Å². The van der Waals surface area contributed by atoms with Crippen molar-refractivity contribution < 1.29 is 42.1 Å². The first-order valence-electron chi connectivity index (χ1n) is 25.0. The lowest BCUT2D eigenvalue weighted by Gasteiger charge is -2.44. The molecule has 3 aliphatic rings. The number of halogens is 3. The van der Waals surface area contributed by atoms with Gasteiger partial charge in [-0.25, -0.2) is 18.2 Å². The average Bonchev–Trinajstić information content (AvgIpc) is 4.02. The number of carbonyl (C=O) groups is 3. The fourth-order valence-corrected chi connectivity index (χ4v) is 11.1. The van der Waals surface area contributed by atoms with Crippen LogP contribution in [0.15, 0.2) is 71.7 Å². The van der Waals surface area contributed by atoms with Crippen molar-refractivity contribution >= 4 is 34.5 Å². The molecule has 70 heavy (non-hydrogen) atoms. The Bertz CT molecular complexity index is 2470. The molecule has 1 aliphatic carbocycles. The maximum Gasteiger partial charge on any atom is 0.243 e. The maximum absolute atomic E-state index is 16.1. The van der Waals surface area contributed by atoms with Crippen LogP contribution >= 0.6 is 11.3 Å². The van der Waals surface area contributed by atoms with E-state index >= 15 is 13.2 Å². The number of alkyl halides is 1. The summed E-state index contributed by atoms with van der Waals surface area (Å²) in [6.07, 6.45) is 4.44. The Morgan fingerprint density at radius 2 is 1.63 bits per heavy atom. The number of aliphatic hydroxyl groups is 1. The molecule has 0 radical (unpaired) electrons. The second kappa shape index (κ2) is 23.1. The number of nitrogens with one attached hydrogen (secondary N) is 1. The Balaban J connectivity index is 0.804. The number of aryl methyl sites for hydroxylation is 1. The average molecular weight is 985 g/mol. The third-order valence-corrected chi connectivity index (χ3v) is 15.0. The van der Waals surface area contributed by atoms with Crippen LogP contribution in [0.2, 0.25) is 0 Å². The normalized spacial score (nSPS) is 19.8. The Morgan fingerprint density at radius 3 is 2.30 bits per heavy atom. The van der Waals surface area contributed by atoms with E-state index in [0.717, 1.165) is 56.8 Å². The third kappa shape index (κ3) is 13.1. The van der Waals surface area contributed by atoms with Crippen molar-refractivity contribution in [2.24, 2.45) is 11.3 Å². The SMILES string of the molecule is Cc1ncsc1-c1ccc(CNC(=O)[C@@H]2C[C@@H](O)CN2C(=O)[C@@H](CC(=O)CCCCCOCCCCOc2cc(F)c([C@@H]3C4=C(C[C@@H](C)N3CC(C)(C)F)c3ccccc3C4)c(F)c2)C(C)(C)C)cc1. The third-order valence-electron chi connectivity index (χ3n) is 14.0. The number of likely N-dealkylation sites (tertiary alicyclic amines) is 1. The van der Waals surface area contributed by atoms with E-state index < -0.39 is 46.8 Å². The number of β-amino-alcohol motifs (C(OH)–C–C–N with tert-alkyl or cyclic N) is 1. The molecule has 0 spiro atoms. The van der Waals surface area contributed by atoms with Crippen LogP contribution in [0.5, 0.6) is 5.75 Å². The molecule has 0 bridgehead atoms. The number of hydrogen-bond donors (Lipinski definition) is 2. The van der Waals surface area contributed by atoms with Gasteiger partial charge >= 0.3 is 0 Å².